The van der Waals surface area contributed by atoms with Crippen molar-refractivity contribution in [3.8, 4) is 17.2 Å². The summed E-state index contributed by atoms with van der Waals surface area (Å²) in [6, 6.07) is 12.6. The standard InChI is InChI=1S/C21H20O6/c22-17(14-6-7-19-20(11-14)25-9-3-8-24-19)13-27-21(23)16-10-15-4-1-2-5-18(15)26-12-16/h1-2,4-7,11,16H,3,8-10,12-13H2. The number of carbonyl (C=O) groups excluding carboxylic acids is 2. The molecule has 2 heterocycles. The molecule has 4 rings (SSSR count). The Kier molecular flexibility index (Phi) is 4.96. The molecule has 1 atom stereocenters. The molecular weight excluding hydrogens is 348 g/mol. The van der Waals surface area contributed by atoms with E-state index >= 15 is 0 Å². The summed E-state index contributed by atoms with van der Waals surface area (Å²) < 4.78 is 22.0. The summed E-state index contributed by atoms with van der Waals surface area (Å²) in [5.41, 5.74) is 1.40. The zero-order valence-corrected chi connectivity index (χ0v) is 14.8. The SMILES string of the molecule is O=C(COC(=O)C1COc2ccccc2C1)c1ccc2c(c1)OCCCO2. The van der Waals surface area contributed by atoms with E-state index in [2.05, 4.69) is 0 Å². The average molecular weight is 368 g/mol. The summed E-state index contributed by atoms with van der Waals surface area (Å²) in [5.74, 6) is 0.852. The first kappa shape index (κ1) is 17.4. The van der Waals surface area contributed by atoms with E-state index < -0.39 is 11.9 Å². The van der Waals surface area contributed by atoms with Crippen LogP contribution in [0.15, 0.2) is 42.5 Å². The monoisotopic (exact) mass is 368 g/mol. The molecule has 2 aliphatic heterocycles. The molecule has 2 aromatic carbocycles. The van der Waals surface area contributed by atoms with E-state index in [0.717, 1.165) is 17.7 Å². The molecule has 0 amide bonds. The second-order valence-corrected chi connectivity index (χ2v) is 6.56. The number of carbonyl (C=O) groups is 2. The van der Waals surface area contributed by atoms with Crippen molar-refractivity contribution in [2.75, 3.05) is 26.4 Å². The maximum Gasteiger partial charge on any atom is 0.313 e. The molecule has 2 aliphatic rings. The number of hydrogen-bond donors (Lipinski definition) is 0. The maximum atomic E-state index is 12.4. The van der Waals surface area contributed by atoms with E-state index in [4.69, 9.17) is 18.9 Å². The summed E-state index contributed by atoms with van der Waals surface area (Å²) >= 11 is 0. The summed E-state index contributed by atoms with van der Waals surface area (Å²) in [5, 5.41) is 0. The van der Waals surface area contributed by atoms with Gasteiger partial charge in [-0.15, -0.1) is 0 Å². The number of para-hydroxylation sites is 1. The van der Waals surface area contributed by atoms with Crippen LogP contribution in [0.2, 0.25) is 0 Å². The normalized spacial score (nSPS) is 17.9. The first-order chi connectivity index (χ1) is 13.2. The third kappa shape index (κ3) is 3.89. The van der Waals surface area contributed by atoms with Gasteiger partial charge in [-0.1, -0.05) is 18.2 Å². The molecule has 0 bridgehead atoms. The van der Waals surface area contributed by atoms with Crippen LogP contribution < -0.4 is 14.2 Å². The molecule has 1 unspecified atom stereocenters. The zero-order valence-electron chi connectivity index (χ0n) is 14.8. The van der Waals surface area contributed by atoms with Crippen molar-refractivity contribution in [3.63, 3.8) is 0 Å². The topological polar surface area (TPSA) is 71.1 Å². The number of fused-ring (bicyclic) bond motifs is 2. The van der Waals surface area contributed by atoms with Crippen molar-refractivity contribution in [3.05, 3.63) is 53.6 Å². The van der Waals surface area contributed by atoms with Gasteiger partial charge in [0.05, 0.1) is 19.1 Å². The van der Waals surface area contributed by atoms with Crippen LogP contribution in [0.3, 0.4) is 0 Å². The third-order valence-corrected chi connectivity index (χ3v) is 4.63. The van der Waals surface area contributed by atoms with Crippen molar-refractivity contribution in [2.24, 2.45) is 5.92 Å². The largest absolute Gasteiger partial charge is 0.492 e. The number of ketones is 1. The van der Waals surface area contributed by atoms with Crippen LogP contribution in [0.1, 0.15) is 22.3 Å². The van der Waals surface area contributed by atoms with Crippen molar-refractivity contribution >= 4 is 11.8 Å². The molecule has 2 aromatic rings. The van der Waals surface area contributed by atoms with Crippen LogP contribution >= 0.6 is 0 Å². The fourth-order valence-electron chi connectivity index (χ4n) is 3.15. The Balaban J connectivity index is 1.35. The van der Waals surface area contributed by atoms with Crippen molar-refractivity contribution < 1.29 is 28.5 Å². The van der Waals surface area contributed by atoms with Gasteiger partial charge in [0.2, 0.25) is 0 Å². The van der Waals surface area contributed by atoms with Gasteiger partial charge < -0.3 is 18.9 Å². The number of esters is 1. The molecule has 0 fully saturated rings. The fourth-order valence-corrected chi connectivity index (χ4v) is 3.15. The van der Waals surface area contributed by atoms with E-state index in [0.29, 0.717) is 36.7 Å². The molecule has 140 valence electrons. The number of benzene rings is 2. The highest BCUT2D eigenvalue weighted by Gasteiger charge is 2.27. The molecule has 6 nitrogen and oxygen atoms in total. The Labute approximate surface area is 157 Å². The lowest BCUT2D eigenvalue weighted by Gasteiger charge is -2.23. The van der Waals surface area contributed by atoms with Gasteiger partial charge in [0.25, 0.3) is 0 Å². The smallest absolute Gasteiger partial charge is 0.313 e. The summed E-state index contributed by atoms with van der Waals surface area (Å²) in [6.45, 7) is 1.08. The molecule has 0 spiro atoms. The van der Waals surface area contributed by atoms with Crippen molar-refractivity contribution in [2.45, 2.75) is 12.8 Å². The minimum absolute atomic E-state index is 0.258. The van der Waals surface area contributed by atoms with Crippen LogP contribution in [0.25, 0.3) is 0 Å². The molecule has 0 N–H and O–H groups in total. The number of ether oxygens (including phenoxy) is 4. The van der Waals surface area contributed by atoms with Crippen molar-refractivity contribution in [1.82, 2.24) is 0 Å². The highest BCUT2D eigenvalue weighted by atomic mass is 16.5. The van der Waals surface area contributed by atoms with Crippen LogP contribution in [-0.2, 0) is 16.0 Å². The Morgan fingerprint density at radius 1 is 0.963 bits per heavy atom. The molecule has 0 radical (unpaired) electrons. The summed E-state index contributed by atoms with van der Waals surface area (Å²) in [4.78, 5) is 24.7. The lowest BCUT2D eigenvalue weighted by Crippen LogP contribution is -2.31. The highest BCUT2D eigenvalue weighted by molar-refractivity contribution is 5.98. The van der Waals surface area contributed by atoms with E-state index in [1.54, 1.807) is 18.2 Å². The van der Waals surface area contributed by atoms with Gasteiger partial charge in [0.1, 0.15) is 12.4 Å². The number of Topliss-reactive ketones (excluding diaryl/α,β-unsaturated/α-hetero) is 1. The first-order valence-electron chi connectivity index (χ1n) is 9.01. The Bertz CT molecular complexity index is 860. The molecule has 0 aliphatic carbocycles. The first-order valence-corrected chi connectivity index (χ1v) is 9.01. The Morgan fingerprint density at radius 3 is 2.67 bits per heavy atom. The van der Waals surface area contributed by atoms with Crippen LogP contribution in [0.5, 0.6) is 17.2 Å². The number of hydrogen-bond acceptors (Lipinski definition) is 6. The van der Waals surface area contributed by atoms with Crippen LogP contribution in [-0.4, -0.2) is 38.2 Å². The van der Waals surface area contributed by atoms with Gasteiger partial charge in [-0.3, -0.25) is 9.59 Å². The maximum absolute atomic E-state index is 12.4. The highest BCUT2D eigenvalue weighted by Crippen LogP contribution is 2.31. The molecule has 0 saturated carbocycles. The fraction of sp³-hybridized carbons (Fsp3) is 0.333. The third-order valence-electron chi connectivity index (χ3n) is 4.63. The quantitative estimate of drug-likeness (QED) is 0.610. The van der Waals surface area contributed by atoms with Gasteiger partial charge >= 0.3 is 5.97 Å². The predicted octanol–water partition coefficient (Wildman–Crippen LogP) is 2.83. The second kappa shape index (κ2) is 7.70. The molecular formula is C21H20O6. The summed E-state index contributed by atoms with van der Waals surface area (Å²) in [6.07, 6.45) is 1.34. The van der Waals surface area contributed by atoms with E-state index in [1.807, 2.05) is 24.3 Å². The van der Waals surface area contributed by atoms with E-state index in [9.17, 15) is 9.59 Å². The number of rotatable bonds is 4. The van der Waals surface area contributed by atoms with Gasteiger partial charge in [-0.05, 0) is 36.2 Å². The Hall–Kier alpha value is -3.02. The van der Waals surface area contributed by atoms with E-state index in [1.165, 1.54) is 0 Å². The average Bonchev–Trinajstić information content (AvgIpc) is 2.96. The minimum atomic E-state index is -0.424. The minimum Gasteiger partial charge on any atom is -0.492 e. The lowest BCUT2D eigenvalue weighted by molar-refractivity contribution is -0.148. The molecule has 27 heavy (non-hydrogen) atoms. The van der Waals surface area contributed by atoms with Gasteiger partial charge in [-0.25, -0.2) is 0 Å². The van der Waals surface area contributed by atoms with Gasteiger partial charge in [0.15, 0.2) is 23.9 Å². The van der Waals surface area contributed by atoms with Gasteiger partial charge in [-0.2, -0.15) is 0 Å². The predicted molar refractivity (Wildman–Crippen MR) is 96.5 cm³/mol. The van der Waals surface area contributed by atoms with Crippen LogP contribution in [0.4, 0.5) is 0 Å². The molecule has 0 saturated heterocycles. The zero-order chi connectivity index (χ0) is 18.6. The van der Waals surface area contributed by atoms with Crippen LogP contribution in [0, 0.1) is 5.92 Å². The second-order valence-electron chi connectivity index (χ2n) is 6.56. The van der Waals surface area contributed by atoms with Gasteiger partial charge in [0, 0.05) is 12.0 Å². The Morgan fingerprint density at radius 2 is 1.78 bits per heavy atom. The molecule has 0 aromatic heterocycles. The lowest BCUT2D eigenvalue weighted by atomic mass is 9.97. The van der Waals surface area contributed by atoms with Crippen molar-refractivity contribution in [1.29, 1.82) is 0 Å². The van der Waals surface area contributed by atoms with E-state index in [-0.39, 0.29) is 19.0 Å². The summed E-state index contributed by atoms with van der Waals surface area (Å²) in [7, 11) is 0. The molecule has 6 heteroatoms.